The third-order valence-corrected chi connectivity index (χ3v) is 6.99. The number of hydrogen-bond donors (Lipinski definition) is 2. The summed E-state index contributed by atoms with van der Waals surface area (Å²) < 4.78 is 3.43. The van der Waals surface area contributed by atoms with Gasteiger partial charge in [-0.05, 0) is 68.3 Å². The van der Waals surface area contributed by atoms with Crippen LogP contribution in [0.4, 0.5) is 5.69 Å². The number of aromatic amines is 1. The molecule has 0 amide bonds. The van der Waals surface area contributed by atoms with Crippen LogP contribution >= 0.6 is 90.2 Å². The molecule has 3 aromatic rings. The van der Waals surface area contributed by atoms with Crippen LogP contribution in [0.5, 0.6) is 0 Å². The summed E-state index contributed by atoms with van der Waals surface area (Å²) in [5.74, 6) is 0. The zero-order chi connectivity index (χ0) is 16.4. The third kappa shape index (κ3) is 4.17. The Hall–Kier alpha value is 0.180. The normalized spacial score (nSPS) is 10.4. The van der Waals surface area contributed by atoms with Gasteiger partial charge < -0.3 is 10.7 Å². The maximum absolute atomic E-state index is 6.04. The summed E-state index contributed by atoms with van der Waals surface area (Å²) >= 11 is 30.5. The maximum Gasteiger partial charge on any atom is 0.159 e. The number of fused-ring (bicyclic) bond motifs is 1. The Morgan fingerprint density at radius 3 is 2.18 bits per heavy atom. The van der Waals surface area contributed by atoms with Gasteiger partial charge in [0.05, 0.1) is 31.0 Å². The van der Waals surface area contributed by atoms with Crippen molar-refractivity contribution in [3.8, 4) is 0 Å². The van der Waals surface area contributed by atoms with Crippen LogP contribution in [0.25, 0.3) is 10.2 Å². The van der Waals surface area contributed by atoms with Gasteiger partial charge in [-0.15, -0.1) is 11.3 Å². The number of benzene rings is 2. The van der Waals surface area contributed by atoms with E-state index in [1.165, 1.54) is 11.3 Å². The summed E-state index contributed by atoms with van der Waals surface area (Å²) in [4.78, 5) is 3.05. The second-order valence-corrected chi connectivity index (χ2v) is 8.55. The standard InChI is InChI=1S/C7H3BrClNS2.C6H4BrCl2N/c8-3-1-2-4-6(5(3)9)12-7(11)10-4;7-3-1-2-4(10)6(9)5(3)8/h1-2H,(H,10,11);1-2H,10H2. The molecule has 0 fully saturated rings. The summed E-state index contributed by atoms with van der Waals surface area (Å²) in [6, 6.07) is 7.31. The number of anilines is 1. The number of H-pyrrole nitrogens is 1. The molecule has 0 saturated carbocycles. The average Bonchev–Trinajstić information content (AvgIpc) is 2.87. The Kier molecular flexibility index (Phi) is 6.59. The van der Waals surface area contributed by atoms with Crippen LogP contribution in [0.3, 0.4) is 0 Å². The van der Waals surface area contributed by atoms with Gasteiger partial charge in [0.15, 0.2) is 3.95 Å². The van der Waals surface area contributed by atoms with Crippen LogP contribution in [0, 0.1) is 3.95 Å². The summed E-state index contributed by atoms with van der Waals surface area (Å²) in [7, 11) is 0. The Balaban J connectivity index is 0.000000164. The molecule has 3 N–H and O–H groups in total. The van der Waals surface area contributed by atoms with Gasteiger partial charge in [0.2, 0.25) is 0 Å². The van der Waals surface area contributed by atoms with E-state index in [0.717, 1.165) is 28.1 Å². The molecule has 0 saturated heterocycles. The highest BCUT2D eigenvalue weighted by molar-refractivity contribution is 9.10. The number of nitrogens with two attached hydrogens (primary N) is 1. The molecule has 9 heteroatoms. The van der Waals surface area contributed by atoms with Gasteiger partial charge in [0, 0.05) is 8.95 Å². The molecule has 3 rings (SSSR count). The van der Waals surface area contributed by atoms with E-state index < -0.39 is 0 Å². The van der Waals surface area contributed by atoms with Gasteiger partial charge in [0.25, 0.3) is 0 Å². The van der Waals surface area contributed by atoms with Crippen LogP contribution in [-0.4, -0.2) is 4.98 Å². The van der Waals surface area contributed by atoms with Crippen LogP contribution in [0.15, 0.2) is 33.2 Å². The van der Waals surface area contributed by atoms with Crippen LogP contribution in [-0.2, 0) is 0 Å². The second kappa shape index (κ2) is 7.83. The Morgan fingerprint density at radius 1 is 0.955 bits per heavy atom. The quantitative estimate of drug-likeness (QED) is 0.181. The van der Waals surface area contributed by atoms with E-state index in [4.69, 9.17) is 52.8 Å². The van der Waals surface area contributed by atoms with Crippen molar-refractivity contribution in [3.05, 3.63) is 52.2 Å². The van der Waals surface area contributed by atoms with Crippen molar-refractivity contribution in [2.45, 2.75) is 0 Å². The molecule has 116 valence electrons. The van der Waals surface area contributed by atoms with E-state index in [1.54, 1.807) is 12.1 Å². The van der Waals surface area contributed by atoms with Crippen molar-refractivity contribution in [1.29, 1.82) is 0 Å². The maximum atomic E-state index is 6.04. The van der Waals surface area contributed by atoms with Crippen molar-refractivity contribution in [2.24, 2.45) is 0 Å². The minimum Gasteiger partial charge on any atom is -0.397 e. The number of nitrogens with one attached hydrogen (secondary N) is 1. The number of aromatic nitrogens is 1. The number of thiazole rings is 1. The topological polar surface area (TPSA) is 41.8 Å². The third-order valence-electron chi connectivity index (χ3n) is 2.55. The molecule has 1 heterocycles. The van der Waals surface area contributed by atoms with E-state index in [0.29, 0.717) is 15.7 Å². The molecule has 0 aliphatic heterocycles. The highest BCUT2D eigenvalue weighted by Gasteiger charge is 2.05. The molecular formula is C13H7Br2Cl3N2S2. The van der Waals surface area contributed by atoms with Gasteiger partial charge in [0.1, 0.15) is 0 Å². The monoisotopic (exact) mass is 518 g/mol. The average molecular weight is 522 g/mol. The largest absolute Gasteiger partial charge is 0.397 e. The first kappa shape index (κ1) is 18.5. The zero-order valence-corrected chi connectivity index (χ0v) is 17.7. The molecule has 22 heavy (non-hydrogen) atoms. The molecule has 0 radical (unpaired) electrons. The van der Waals surface area contributed by atoms with Gasteiger partial charge in [-0.2, -0.15) is 0 Å². The van der Waals surface area contributed by atoms with E-state index in [-0.39, 0.29) is 0 Å². The minimum absolute atomic E-state index is 0.399. The van der Waals surface area contributed by atoms with E-state index in [9.17, 15) is 0 Å². The molecule has 2 nitrogen and oxygen atoms in total. The fraction of sp³-hybridized carbons (Fsp3) is 0. The first-order valence-corrected chi connectivity index (χ1v) is 9.61. The van der Waals surface area contributed by atoms with Crippen molar-refractivity contribution in [3.63, 3.8) is 0 Å². The molecule has 0 unspecified atom stereocenters. The van der Waals surface area contributed by atoms with Crippen LogP contribution < -0.4 is 5.73 Å². The first-order valence-electron chi connectivity index (χ1n) is 5.67. The molecule has 0 aliphatic carbocycles. The molecule has 2 aromatic carbocycles. The van der Waals surface area contributed by atoms with Gasteiger partial charge in [-0.1, -0.05) is 34.8 Å². The number of rotatable bonds is 0. The van der Waals surface area contributed by atoms with Crippen molar-refractivity contribution in [1.82, 2.24) is 4.98 Å². The lowest BCUT2D eigenvalue weighted by Crippen LogP contribution is -1.85. The molecular weight excluding hydrogens is 514 g/mol. The highest BCUT2D eigenvalue weighted by Crippen LogP contribution is 2.34. The Morgan fingerprint density at radius 2 is 1.55 bits per heavy atom. The lowest BCUT2D eigenvalue weighted by Gasteiger charge is -2.00. The smallest absolute Gasteiger partial charge is 0.159 e. The van der Waals surface area contributed by atoms with E-state index in [1.807, 2.05) is 12.1 Å². The first-order chi connectivity index (χ1) is 10.3. The second-order valence-electron chi connectivity index (χ2n) is 4.02. The van der Waals surface area contributed by atoms with Gasteiger partial charge in [-0.25, -0.2) is 0 Å². The summed E-state index contributed by atoms with van der Waals surface area (Å²) in [6.07, 6.45) is 0. The lowest BCUT2D eigenvalue weighted by molar-refractivity contribution is 1.47. The molecule has 0 atom stereocenters. The van der Waals surface area contributed by atoms with Crippen LogP contribution in [0.2, 0.25) is 15.1 Å². The van der Waals surface area contributed by atoms with Gasteiger partial charge >= 0.3 is 0 Å². The fourth-order valence-corrected chi connectivity index (χ4v) is 4.16. The summed E-state index contributed by atoms with van der Waals surface area (Å²) in [5.41, 5.74) is 6.95. The van der Waals surface area contributed by atoms with Crippen molar-refractivity contribution in [2.75, 3.05) is 5.73 Å². The molecule has 0 spiro atoms. The zero-order valence-electron chi connectivity index (χ0n) is 10.6. The van der Waals surface area contributed by atoms with Crippen molar-refractivity contribution >= 4 is 106 Å². The Bertz CT molecular complexity index is 866. The van der Waals surface area contributed by atoms with Gasteiger partial charge in [-0.3, -0.25) is 0 Å². The fourth-order valence-electron chi connectivity index (χ4n) is 1.50. The number of hydrogen-bond acceptors (Lipinski definition) is 3. The number of halogens is 5. The van der Waals surface area contributed by atoms with E-state index in [2.05, 4.69) is 36.8 Å². The highest BCUT2D eigenvalue weighted by atomic mass is 79.9. The summed E-state index contributed by atoms with van der Waals surface area (Å²) in [6.45, 7) is 0. The van der Waals surface area contributed by atoms with Crippen molar-refractivity contribution < 1.29 is 0 Å². The SMILES string of the molecule is Nc1ccc(Br)c(Cl)c1Cl.S=c1[nH]c2ccc(Br)c(Cl)c2s1. The van der Waals surface area contributed by atoms with E-state index >= 15 is 0 Å². The Labute approximate surface area is 167 Å². The molecule has 1 aromatic heterocycles. The number of nitrogen functional groups attached to an aromatic ring is 1. The predicted octanol–water partition coefficient (Wildman–Crippen LogP) is 7.71. The molecule has 0 bridgehead atoms. The predicted molar refractivity (Wildman–Crippen MR) is 108 cm³/mol. The lowest BCUT2D eigenvalue weighted by atomic mass is 10.3. The summed E-state index contributed by atoms with van der Waals surface area (Å²) in [5, 5.41) is 1.59. The minimum atomic E-state index is 0.399. The molecule has 0 aliphatic rings. The van der Waals surface area contributed by atoms with Crippen LogP contribution in [0.1, 0.15) is 0 Å².